The van der Waals surface area contributed by atoms with Crippen molar-refractivity contribution in [1.82, 2.24) is 15.0 Å². The van der Waals surface area contributed by atoms with Gasteiger partial charge in [-0.1, -0.05) is 95.9 Å². The summed E-state index contributed by atoms with van der Waals surface area (Å²) in [5.74, 6) is 0.837. The number of nitrogens with zero attached hydrogens (tertiary/aromatic N) is 1. The van der Waals surface area contributed by atoms with Crippen molar-refractivity contribution in [2.75, 3.05) is 0 Å². The Labute approximate surface area is 203 Å². The molecule has 0 atom stereocenters. The molecule has 34 heavy (non-hydrogen) atoms. The van der Waals surface area contributed by atoms with Crippen LogP contribution in [0.1, 0.15) is 0 Å². The van der Waals surface area contributed by atoms with E-state index in [-0.39, 0.29) is 0 Å². The maximum atomic E-state index is 6.17. The van der Waals surface area contributed by atoms with Crippen LogP contribution in [0.2, 0.25) is 5.02 Å². The van der Waals surface area contributed by atoms with Gasteiger partial charge < -0.3 is 9.97 Å². The molecule has 3 nitrogen and oxygen atoms in total. The fourth-order valence-corrected chi connectivity index (χ4v) is 4.54. The maximum Gasteiger partial charge on any atom is 0.140 e. The predicted octanol–water partition coefficient (Wildman–Crippen LogP) is 6.47. The zero-order valence-corrected chi connectivity index (χ0v) is 19.4. The highest BCUT2D eigenvalue weighted by molar-refractivity contribution is 6.33. The first kappa shape index (κ1) is 20.6. The number of halogens is 1. The van der Waals surface area contributed by atoms with Crippen LogP contribution >= 0.6 is 11.6 Å². The van der Waals surface area contributed by atoms with Crippen molar-refractivity contribution < 1.29 is 0 Å². The van der Waals surface area contributed by atoms with Gasteiger partial charge in [0.1, 0.15) is 13.7 Å². The monoisotopic (exact) mass is 457 g/mol. The van der Waals surface area contributed by atoms with Gasteiger partial charge in [0.25, 0.3) is 0 Å². The third-order valence-corrected chi connectivity index (χ3v) is 6.45. The minimum absolute atomic E-state index is 0.709. The Kier molecular flexibility index (Phi) is 5.08. The van der Waals surface area contributed by atoms with Gasteiger partial charge >= 0.3 is 0 Å². The number of nitrogens with one attached hydrogen (secondary N) is 2. The Bertz CT molecular complexity index is 1600. The number of aromatic nitrogens is 3. The Morgan fingerprint density at radius 3 is 2.15 bits per heavy atom. The van der Waals surface area contributed by atoms with Gasteiger partial charge in [-0.05, 0) is 29.3 Å². The van der Waals surface area contributed by atoms with Crippen LogP contribution in [0.5, 0.6) is 0 Å². The van der Waals surface area contributed by atoms with Crippen LogP contribution in [-0.4, -0.2) is 22.8 Å². The average molecular weight is 458 g/mol. The summed E-state index contributed by atoms with van der Waals surface area (Å²) in [5, 5.41) is 1.86. The molecule has 162 valence electrons. The summed E-state index contributed by atoms with van der Waals surface area (Å²) in [7, 11) is 2.11. The van der Waals surface area contributed by atoms with E-state index in [0.717, 1.165) is 44.8 Å². The summed E-state index contributed by atoms with van der Waals surface area (Å²) in [6, 6.07) is 33.3. The highest BCUT2D eigenvalue weighted by Crippen LogP contribution is 2.36. The molecule has 0 amide bonds. The van der Waals surface area contributed by atoms with Crippen molar-refractivity contribution in [3.63, 3.8) is 0 Å². The molecule has 2 N–H and O–H groups in total. The van der Waals surface area contributed by atoms with E-state index >= 15 is 0 Å². The van der Waals surface area contributed by atoms with Crippen LogP contribution in [-0.2, 0) is 0 Å². The molecule has 0 radical (unpaired) electrons. The molecule has 0 saturated heterocycles. The normalized spacial score (nSPS) is 11.2. The van der Waals surface area contributed by atoms with E-state index in [9.17, 15) is 0 Å². The molecule has 5 heteroatoms. The van der Waals surface area contributed by atoms with Gasteiger partial charge in [-0.15, -0.1) is 0 Å². The summed E-state index contributed by atoms with van der Waals surface area (Å²) in [6.07, 6.45) is 2.02. The Balaban J connectivity index is 1.50. The largest absolute Gasteiger partial charge is 0.360 e. The Morgan fingerprint density at radius 2 is 1.38 bits per heavy atom. The fraction of sp³-hybridized carbons (Fsp3) is 0. The van der Waals surface area contributed by atoms with Crippen molar-refractivity contribution in [2.45, 2.75) is 0 Å². The molecule has 0 aliphatic rings. The first-order chi connectivity index (χ1) is 16.7. The lowest BCUT2D eigenvalue weighted by Crippen LogP contribution is -1.99. The number of aromatic amines is 2. The lowest BCUT2D eigenvalue weighted by molar-refractivity contribution is 1.31. The predicted molar refractivity (Wildman–Crippen MR) is 145 cm³/mol. The van der Waals surface area contributed by atoms with Gasteiger partial charge in [0.15, 0.2) is 0 Å². The molecule has 4 aromatic carbocycles. The van der Waals surface area contributed by atoms with E-state index < -0.39 is 0 Å². The Hall–Kier alpha value is -4.02. The van der Waals surface area contributed by atoms with E-state index in [2.05, 4.69) is 84.5 Å². The van der Waals surface area contributed by atoms with Gasteiger partial charge in [-0.25, -0.2) is 4.98 Å². The van der Waals surface area contributed by atoms with Crippen molar-refractivity contribution >= 4 is 35.8 Å². The van der Waals surface area contributed by atoms with Crippen molar-refractivity contribution in [2.24, 2.45) is 0 Å². The van der Waals surface area contributed by atoms with E-state index in [1.807, 2.05) is 36.5 Å². The minimum atomic E-state index is 0.709. The summed E-state index contributed by atoms with van der Waals surface area (Å²) in [4.78, 5) is 12.1. The second kappa shape index (κ2) is 8.40. The molecule has 0 fully saturated rings. The maximum absolute atomic E-state index is 6.17. The zero-order chi connectivity index (χ0) is 23.1. The van der Waals surface area contributed by atoms with Crippen LogP contribution < -0.4 is 5.46 Å². The summed E-state index contributed by atoms with van der Waals surface area (Å²) in [5.41, 5.74) is 9.75. The van der Waals surface area contributed by atoms with Crippen LogP contribution in [0.3, 0.4) is 0 Å². The lowest BCUT2D eigenvalue weighted by Gasteiger charge is -2.06. The number of hydrogen-bond donors (Lipinski definition) is 2. The fourth-order valence-electron chi connectivity index (χ4n) is 4.42. The van der Waals surface area contributed by atoms with Crippen molar-refractivity contribution in [3.05, 3.63) is 108 Å². The number of fused-ring (bicyclic) bond motifs is 1. The molecular weight excluding hydrogens is 437 g/mol. The molecule has 0 aliphatic carbocycles. The number of imidazole rings is 1. The topological polar surface area (TPSA) is 44.5 Å². The molecule has 0 spiro atoms. The van der Waals surface area contributed by atoms with Crippen LogP contribution in [0.4, 0.5) is 0 Å². The molecule has 0 aliphatic heterocycles. The smallest absolute Gasteiger partial charge is 0.140 e. The first-order valence-electron chi connectivity index (χ1n) is 11.3. The minimum Gasteiger partial charge on any atom is -0.360 e. The third kappa shape index (κ3) is 3.72. The van der Waals surface area contributed by atoms with Crippen molar-refractivity contribution in [3.8, 4) is 45.0 Å². The zero-order valence-electron chi connectivity index (χ0n) is 18.6. The van der Waals surface area contributed by atoms with E-state index in [1.54, 1.807) is 0 Å². The summed E-state index contributed by atoms with van der Waals surface area (Å²) in [6.45, 7) is 0. The molecule has 6 rings (SSSR count). The van der Waals surface area contributed by atoms with E-state index in [4.69, 9.17) is 16.6 Å². The number of hydrogen-bond acceptors (Lipinski definition) is 1. The molecule has 0 bridgehead atoms. The second-order valence-electron chi connectivity index (χ2n) is 8.51. The third-order valence-electron chi connectivity index (χ3n) is 6.19. The molecule has 2 aromatic heterocycles. The highest BCUT2D eigenvalue weighted by Gasteiger charge is 2.17. The number of H-pyrrole nitrogens is 2. The Morgan fingerprint density at radius 1 is 0.706 bits per heavy atom. The number of benzene rings is 4. The first-order valence-corrected chi connectivity index (χ1v) is 11.6. The number of rotatable bonds is 4. The van der Waals surface area contributed by atoms with Crippen molar-refractivity contribution in [1.29, 1.82) is 0 Å². The summed E-state index contributed by atoms with van der Waals surface area (Å²) >= 11 is 6.17. The summed E-state index contributed by atoms with van der Waals surface area (Å²) < 4.78 is 0. The van der Waals surface area contributed by atoms with Gasteiger partial charge in [-0.3, -0.25) is 0 Å². The molecule has 0 unspecified atom stereocenters. The van der Waals surface area contributed by atoms with E-state index in [1.165, 1.54) is 16.6 Å². The van der Waals surface area contributed by atoms with Gasteiger partial charge in [0.05, 0.1) is 11.4 Å². The lowest BCUT2D eigenvalue weighted by atomic mass is 9.94. The average Bonchev–Trinajstić information content (AvgIpc) is 3.49. The standard InChI is InChI=1S/C29H21BClN3/c30-22-12-15-26-24(16-22)25(17-32-26)29-33-27(28(34-29)21-10-13-23(31)14-11-21)20-8-6-19(7-9-20)18-4-2-1-3-5-18/h1-17,32H,30H2,(H,33,34). The van der Waals surface area contributed by atoms with Crippen LogP contribution in [0.25, 0.3) is 55.9 Å². The molecule has 0 saturated carbocycles. The second-order valence-corrected chi connectivity index (χ2v) is 8.95. The molecule has 2 heterocycles. The van der Waals surface area contributed by atoms with Crippen LogP contribution in [0.15, 0.2) is 103 Å². The van der Waals surface area contributed by atoms with E-state index in [0.29, 0.717) is 5.02 Å². The van der Waals surface area contributed by atoms with Gasteiger partial charge in [0, 0.05) is 38.8 Å². The molecule has 6 aromatic rings. The quantitative estimate of drug-likeness (QED) is 0.293. The SMILES string of the molecule is Bc1ccc2[nH]cc(-c3nc(-c4ccc(Cl)cc4)c(-c4ccc(-c5ccccc5)cc4)[nH]3)c2c1. The molecular formula is C29H21BClN3. The highest BCUT2D eigenvalue weighted by atomic mass is 35.5. The van der Waals surface area contributed by atoms with Gasteiger partial charge in [0.2, 0.25) is 0 Å². The van der Waals surface area contributed by atoms with Crippen LogP contribution in [0, 0.1) is 0 Å². The van der Waals surface area contributed by atoms with Gasteiger partial charge in [-0.2, -0.15) is 0 Å².